The molecule has 0 aliphatic carbocycles. The van der Waals surface area contributed by atoms with Crippen LogP contribution >= 0.6 is 22.9 Å². The predicted molar refractivity (Wildman–Crippen MR) is 95.2 cm³/mol. The molecule has 0 saturated heterocycles. The zero-order valence-corrected chi connectivity index (χ0v) is 14.4. The molecular weight excluding hydrogens is 344 g/mol. The second-order valence-corrected chi connectivity index (χ2v) is 7.10. The van der Waals surface area contributed by atoms with Crippen LogP contribution in [0.15, 0.2) is 40.8 Å². The molecule has 3 aromatic rings. The SMILES string of the molecule is O=c1[nH]c(-c2cccs2)nc2c1CN(Cc1ccncc1Cl)CC2. The van der Waals surface area contributed by atoms with Crippen molar-refractivity contribution in [1.29, 1.82) is 0 Å². The molecule has 0 atom stereocenters. The Bertz CT molecular complexity index is 923. The van der Waals surface area contributed by atoms with Crippen LogP contribution in [-0.2, 0) is 19.5 Å². The van der Waals surface area contributed by atoms with Crippen LogP contribution in [0.1, 0.15) is 16.8 Å². The van der Waals surface area contributed by atoms with E-state index in [-0.39, 0.29) is 5.56 Å². The standard InChI is InChI=1S/C17H15ClN4OS/c18-13-8-19-5-3-11(13)9-22-6-4-14-12(10-22)17(23)21-16(20-14)15-2-1-7-24-15/h1-3,5,7-8H,4,6,9-10H2,(H,20,21,23). The number of pyridine rings is 1. The highest BCUT2D eigenvalue weighted by molar-refractivity contribution is 7.13. The first-order valence-corrected chi connectivity index (χ1v) is 8.93. The minimum absolute atomic E-state index is 0.0473. The van der Waals surface area contributed by atoms with Crippen molar-refractivity contribution in [1.82, 2.24) is 19.9 Å². The monoisotopic (exact) mass is 358 g/mol. The molecule has 0 amide bonds. The zero-order chi connectivity index (χ0) is 16.5. The lowest BCUT2D eigenvalue weighted by molar-refractivity contribution is 0.242. The van der Waals surface area contributed by atoms with Crippen molar-refractivity contribution < 1.29 is 0 Å². The third-order valence-corrected chi connectivity index (χ3v) is 5.37. The summed E-state index contributed by atoms with van der Waals surface area (Å²) in [4.78, 5) is 27.3. The van der Waals surface area contributed by atoms with E-state index in [2.05, 4.69) is 19.9 Å². The fourth-order valence-electron chi connectivity index (χ4n) is 2.92. The summed E-state index contributed by atoms with van der Waals surface area (Å²) in [6, 6.07) is 5.84. The lowest BCUT2D eigenvalue weighted by Crippen LogP contribution is -2.35. The van der Waals surface area contributed by atoms with Gasteiger partial charge in [0.25, 0.3) is 5.56 Å². The van der Waals surface area contributed by atoms with Crippen LogP contribution in [0, 0.1) is 0 Å². The largest absolute Gasteiger partial charge is 0.306 e. The van der Waals surface area contributed by atoms with E-state index >= 15 is 0 Å². The van der Waals surface area contributed by atoms with E-state index in [1.54, 1.807) is 23.7 Å². The van der Waals surface area contributed by atoms with Crippen molar-refractivity contribution >= 4 is 22.9 Å². The highest BCUT2D eigenvalue weighted by Crippen LogP contribution is 2.24. The first-order chi connectivity index (χ1) is 11.7. The smallest absolute Gasteiger partial charge is 0.255 e. The molecular formula is C17H15ClN4OS. The zero-order valence-electron chi connectivity index (χ0n) is 12.8. The van der Waals surface area contributed by atoms with Gasteiger partial charge in [0.05, 0.1) is 21.2 Å². The van der Waals surface area contributed by atoms with E-state index in [0.717, 1.165) is 34.7 Å². The van der Waals surface area contributed by atoms with Gasteiger partial charge in [-0.25, -0.2) is 4.98 Å². The highest BCUT2D eigenvalue weighted by atomic mass is 35.5. The number of hydrogen-bond donors (Lipinski definition) is 1. The van der Waals surface area contributed by atoms with Crippen molar-refractivity contribution in [3.8, 4) is 10.7 Å². The number of hydrogen-bond acceptors (Lipinski definition) is 5. The average Bonchev–Trinajstić information content (AvgIpc) is 3.12. The Labute approximate surface area is 148 Å². The quantitative estimate of drug-likeness (QED) is 0.781. The number of H-pyrrole nitrogens is 1. The third kappa shape index (κ3) is 3.00. The fourth-order valence-corrected chi connectivity index (χ4v) is 3.77. The Morgan fingerprint density at radius 2 is 2.29 bits per heavy atom. The predicted octanol–water partition coefficient (Wildman–Crippen LogP) is 3.11. The number of aromatic nitrogens is 3. The van der Waals surface area contributed by atoms with E-state index in [1.165, 1.54) is 0 Å². The third-order valence-electron chi connectivity index (χ3n) is 4.15. The lowest BCUT2D eigenvalue weighted by atomic mass is 10.1. The van der Waals surface area contributed by atoms with Gasteiger partial charge in [-0.1, -0.05) is 17.7 Å². The normalized spacial score (nSPS) is 14.5. The molecule has 7 heteroatoms. The second-order valence-electron chi connectivity index (χ2n) is 5.74. The van der Waals surface area contributed by atoms with E-state index in [9.17, 15) is 4.79 Å². The summed E-state index contributed by atoms with van der Waals surface area (Å²) in [6.45, 7) is 2.14. The molecule has 4 heterocycles. The molecule has 0 aromatic carbocycles. The molecule has 0 bridgehead atoms. The number of aromatic amines is 1. The second kappa shape index (κ2) is 6.47. The minimum Gasteiger partial charge on any atom is -0.306 e. The molecule has 122 valence electrons. The molecule has 1 aliphatic heterocycles. The van der Waals surface area contributed by atoms with E-state index in [1.807, 2.05) is 23.6 Å². The fraction of sp³-hybridized carbons (Fsp3) is 0.235. The molecule has 0 radical (unpaired) electrons. The minimum atomic E-state index is -0.0473. The Balaban J connectivity index is 1.60. The summed E-state index contributed by atoms with van der Waals surface area (Å²) < 4.78 is 0. The van der Waals surface area contributed by atoms with Gasteiger partial charge in [-0.2, -0.15) is 0 Å². The van der Waals surface area contributed by atoms with Crippen LogP contribution in [0.5, 0.6) is 0 Å². The van der Waals surface area contributed by atoms with Crippen molar-refractivity contribution in [2.75, 3.05) is 6.54 Å². The van der Waals surface area contributed by atoms with E-state index in [4.69, 9.17) is 11.6 Å². The first-order valence-electron chi connectivity index (χ1n) is 7.67. The molecule has 1 aliphatic rings. The average molecular weight is 359 g/mol. The maximum Gasteiger partial charge on any atom is 0.255 e. The Morgan fingerprint density at radius 3 is 3.08 bits per heavy atom. The molecule has 1 N–H and O–H groups in total. The van der Waals surface area contributed by atoms with Crippen molar-refractivity contribution in [2.45, 2.75) is 19.5 Å². The van der Waals surface area contributed by atoms with Crippen LogP contribution in [0.3, 0.4) is 0 Å². The molecule has 24 heavy (non-hydrogen) atoms. The maximum absolute atomic E-state index is 12.5. The molecule has 3 aromatic heterocycles. The summed E-state index contributed by atoms with van der Waals surface area (Å²) in [6.07, 6.45) is 4.15. The van der Waals surface area contributed by atoms with Crippen LogP contribution in [0.2, 0.25) is 5.02 Å². The van der Waals surface area contributed by atoms with Gasteiger partial charge in [-0.3, -0.25) is 14.7 Å². The van der Waals surface area contributed by atoms with E-state index < -0.39 is 0 Å². The maximum atomic E-state index is 12.5. The van der Waals surface area contributed by atoms with Gasteiger partial charge in [0.15, 0.2) is 5.82 Å². The summed E-state index contributed by atoms with van der Waals surface area (Å²) in [5.74, 6) is 0.666. The molecule has 0 saturated carbocycles. The summed E-state index contributed by atoms with van der Waals surface area (Å²) in [7, 11) is 0. The summed E-state index contributed by atoms with van der Waals surface area (Å²) >= 11 is 7.76. The Kier molecular flexibility index (Phi) is 4.18. The van der Waals surface area contributed by atoms with Crippen molar-refractivity contribution in [2.24, 2.45) is 0 Å². The van der Waals surface area contributed by atoms with Crippen LogP contribution in [0.4, 0.5) is 0 Å². The van der Waals surface area contributed by atoms with Crippen LogP contribution in [0.25, 0.3) is 10.7 Å². The topological polar surface area (TPSA) is 61.9 Å². The summed E-state index contributed by atoms with van der Waals surface area (Å²) in [5, 5.41) is 2.64. The van der Waals surface area contributed by atoms with Gasteiger partial charge in [-0.15, -0.1) is 11.3 Å². The van der Waals surface area contributed by atoms with Crippen LogP contribution in [-0.4, -0.2) is 26.4 Å². The lowest BCUT2D eigenvalue weighted by Gasteiger charge is -2.27. The van der Waals surface area contributed by atoms with Crippen molar-refractivity contribution in [3.05, 3.63) is 68.2 Å². The van der Waals surface area contributed by atoms with Gasteiger partial charge in [0.2, 0.25) is 0 Å². The Morgan fingerprint density at radius 1 is 1.38 bits per heavy atom. The number of thiophene rings is 1. The summed E-state index contributed by atoms with van der Waals surface area (Å²) in [5.41, 5.74) is 2.63. The Hall–Kier alpha value is -2.02. The molecule has 5 nitrogen and oxygen atoms in total. The van der Waals surface area contributed by atoms with Crippen molar-refractivity contribution in [3.63, 3.8) is 0 Å². The number of halogens is 1. The number of rotatable bonds is 3. The number of nitrogens with zero attached hydrogens (tertiary/aromatic N) is 3. The molecule has 0 spiro atoms. The van der Waals surface area contributed by atoms with Gasteiger partial charge in [0, 0.05) is 38.4 Å². The number of fused-ring (bicyclic) bond motifs is 1. The molecule has 0 unspecified atom stereocenters. The molecule has 4 rings (SSSR count). The van der Waals surface area contributed by atoms with Gasteiger partial charge in [0.1, 0.15) is 0 Å². The number of nitrogens with one attached hydrogen (secondary N) is 1. The van der Waals surface area contributed by atoms with Crippen LogP contribution < -0.4 is 5.56 Å². The first kappa shape index (κ1) is 15.5. The molecule has 0 fully saturated rings. The van der Waals surface area contributed by atoms with Gasteiger partial charge in [-0.05, 0) is 23.1 Å². The van der Waals surface area contributed by atoms with Gasteiger partial charge < -0.3 is 4.98 Å². The highest BCUT2D eigenvalue weighted by Gasteiger charge is 2.22. The van der Waals surface area contributed by atoms with Gasteiger partial charge >= 0.3 is 0 Å². The van der Waals surface area contributed by atoms with E-state index in [0.29, 0.717) is 23.9 Å².